The minimum absolute atomic E-state index is 0.0695. The monoisotopic (exact) mass is 379 g/mol. The van der Waals surface area contributed by atoms with Gasteiger partial charge in [-0.25, -0.2) is 0 Å². The number of amides is 1. The van der Waals surface area contributed by atoms with Crippen molar-refractivity contribution in [2.45, 2.75) is 51.0 Å². The summed E-state index contributed by atoms with van der Waals surface area (Å²) in [5.41, 5.74) is 0.397. The number of rotatable bonds is 9. The summed E-state index contributed by atoms with van der Waals surface area (Å²) < 4.78 is 21.2. The number of methoxy groups -OCH3 is 3. The Balaban J connectivity index is 1.80. The second-order valence-electron chi connectivity index (χ2n) is 6.52. The van der Waals surface area contributed by atoms with Crippen LogP contribution in [0.5, 0.6) is 17.2 Å². The fourth-order valence-electron chi connectivity index (χ4n) is 3.18. The van der Waals surface area contributed by atoms with Crippen molar-refractivity contribution in [2.24, 2.45) is 0 Å². The van der Waals surface area contributed by atoms with Crippen LogP contribution in [0.1, 0.15) is 55.3 Å². The van der Waals surface area contributed by atoms with E-state index in [1.807, 2.05) is 0 Å². The number of carbonyl (C=O) groups is 2. The lowest BCUT2D eigenvalue weighted by atomic mass is 9.98. The first-order valence-corrected chi connectivity index (χ1v) is 9.36. The molecule has 0 aliphatic heterocycles. The van der Waals surface area contributed by atoms with Crippen LogP contribution in [0.25, 0.3) is 0 Å². The first kappa shape index (κ1) is 20.9. The molecule has 0 atom stereocenters. The third-order valence-electron chi connectivity index (χ3n) is 4.62. The van der Waals surface area contributed by atoms with E-state index in [-0.39, 0.29) is 18.0 Å². The van der Waals surface area contributed by atoms with Crippen LogP contribution in [0, 0.1) is 0 Å². The van der Waals surface area contributed by atoms with Crippen molar-refractivity contribution in [2.75, 3.05) is 27.9 Å². The summed E-state index contributed by atoms with van der Waals surface area (Å²) in [5, 5.41) is 2.80. The normalized spacial score (nSPS) is 14.3. The zero-order valence-corrected chi connectivity index (χ0v) is 16.3. The van der Waals surface area contributed by atoms with E-state index in [1.54, 1.807) is 12.1 Å². The maximum atomic E-state index is 12.4. The molecular weight excluding hydrogens is 350 g/mol. The maximum Gasteiger partial charge on any atom is 0.306 e. The molecule has 0 unspecified atom stereocenters. The summed E-state index contributed by atoms with van der Waals surface area (Å²) in [6.07, 6.45) is 6.30. The molecule has 7 nitrogen and oxygen atoms in total. The van der Waals surface area contributed by atoms with Gasteiger partial charge in [0.25, 0.3) is 5.91 Å². The number of esters is 1. The summed E-state index contributed by atoms with van der Waals surface area (Å²) in [6.45, 7) is 0.384. The Bertz CT molecular complexity index is 614. The third kappa shape index (κ3) is 6.05. The van der Waals surface area contributed by atoms with Gasteiger partial charge in [0.15, 0.2) is 11.5 Å². The average Bonchev–Trinajstić information content (AvgIpc) is 2.70. The van der Waals surface area contributed by atoms with Crippen LogP contribution in [-0.2, 0) is 9.53 Å². The van der Waals surface area contributed by atoms with Gasteiger partial charge in [-0.15, -0.1) is 0 Å². The zero-order valence-electron chi connectivity index (χ0n) is 16.3. The Kier molecular flexibility index (Phi) is 8.23. The van der Waals surface area contributed by atoms with E-state index in [0.717, 1.165) is 25.7 Å². The second-order valence-corrected chi connectivity index (χ2v) is 6.52. The Morgan fingerprint density at radius 2 is 1.63 bits per heavy atom. The van der Waals surface area contributed by atoms with Gasteiger partial charge in [-0.1, -0.05) is 6.42 Å². The van der Waals surface area contributed by atoms with E-state index in [2.05, 4.69) is 5.32 Å². The first-order valence-electron chi connectivity index (χ1n) is 9.36. The quantitative estimate of drug-likeness (QED) is 0.524. The lowest BCUT2D eigenvalue weighted by Crippen LogP contribution is -2.26. The molecule has 0 spiro atoms. The van der Waals surface area contributed by atoms with Crippen LogP contribution in [0.3, 0.4) is 0 Å². The van der Waals surface area contributed by atoms with E-state index in [1.165, 1.54) is 27.8 Å². The Labute approximate surface area is 160 Å². The molecule has 1 aliphatic carbocycles. The van der Waals surface area contributed by atoms with E-state index in [9.17, 15) is 9.59 Å². The van der Waals surface area contributed by atoms with Gasteiger partial charge in [0.2, 0.25) is 5.75 Å². The van der Waals surface area contributed by atoms with Gasteiger partial charge < -0.3 is 24.3 Å². The Hall–Kier alpha value is -2.44. The summed E-state index contributed by atoms with van der Waals surface area (Å²) in [6, 6.07) is 3.18. The molecule has 7 heteroatoms. The van der Waals surface area contributed by atoms with Gasteiger partial charge >= 0.3 is 5.97 Å². The van der Waals surface area contributed by atoms with Crippen LogP contribution in [0.15, 0.2) is 12.1 Å². The van der Waals surface area contributed by atoms with Gasteiger partial charge in [-0.2, -0.15) is 0 Å². The van der Waals surface area contributed by atoms with Gasteiger partial charge in [0, 0.05) is 18.5 Å². The molecule has 0 bridgehead atoms. The highest BCUT2D eigenvalue weighted by atomic mass is 16.5. The average molecular weight is 379 g/mol. The van der Waals surface area contributed by atoms with E-state index < -0.39 is 0 Å². The molecule has 2 rings (SSSR count). The van der Waals surface area contributed by atoms with E-state index in [4.69, 9.17) is 18.9 Å². The van der Waals surface area contributed by atoms with Crippen molar-refractivity contribution in [3.63, 3.8) is 0 Å². The van der Waals surface area contributed by atoms with Gasteiger partial charge in [0.05, 0.1) is 21.3 Å². The Morgan fingerprint density at radius 1 is 1.00 bits per heavy atom. The molecule has 27 heavy (non-hydrogen) atoms. The SMILES string of the molecule is COc1cc(C(=O)NCCCC(=O)OC2CCCCC2)cc(OC)c1OC. The molecular formula is C20H29NO6. The molecule has 0 radical (unpaired) electrons. The number of benzene rings is 1. The molecule has 1 N–H and O–H groups in total. The predicted octanol–water partition coefficient (Wildman–Crippen LogP) is 3.10. The van der Waals surface area contributed by atoms with Gasteiger partial charge in [0.1, 0.15) is 6.10 Å². The highest BCUT2D eigenvalue weighted by molar-refractivity contribution is 5.95. The fourth-order valence-corrected chi connectivity index (χ4v) is 3.18. The summed E-state index contributed by atoms with van der Waals surface area (Å²) in [5.74, 6) is 0.803. The molecule has 0 saturated heterocycles. The highest BCUT2D eigenvalue weighted by Crippen LogP contribution is 2.38. The van der Waals surface area contributed by atoms with Crippen molar-refractivity contribution in [3.8, 4) is 17.2 Å². The molecule has 150 valence electrons. The topological polar surface area (TPSA) is 83.1 Å². The fraction of sp³-hybridized carbons (Fsp3) is 0.600. The first-order chi connectivity index (χ1) is 13.1. The lowest BCUT2D eigenvalue weighted by Gasteiger charge is -2.21. The molecule has 0 heterocycles. The van der Waals surface area contributed by atoms with Crippen molar-refractivity contribution in [3.05, 3.63) is 17.7 Å². The van der Waals surface area contributed by atoms with Crippen molar-refractivity contribution in [1.29, 1.82) is 0 Å². The number of hydrogen-bond donors (Lipinski definition) is 1. The van der Waals surface area contributed by atoms with E-state index in [0.29, 0.717) is 42.2 Å². The summed E-state index contributed by atoms with van der Waals surface area (Å²) in [4.78, 5) is 24.2. The van der Waals surface area contributed by atoms with E-state index >= 15 is 0 Å². The number of hydrogen-bond acceptors (Lipinski definition) is 6. The second kappa shape index (κ2) is 10.6. The minimum Gasteiger partial charge on any atom is -0.493 e. The molecule has 0 aromatic heterocycles. The van der Waals surface area contributed by atoms with Crippen molar-refractivity contribution >= 4 is 11.9 Å². The third-order valence-corrected chi connectivity index (χ3v) is 4.62. The smallest absolute Gasteiger partial charge is 0.306 e. The predicted molar refractivity (Wildman–Crippen MR) is 101 cm³/mol. The zero-order chi connectivity index (χ0) is 19.6. The highest BCUT2D eigenvalue weighted by Gasteiger charge is 2.18. The van der Waals surface area contributed by atoms with Crippen LogP contribution in [0.4, 0.5) is 0 Å². The molecule has 1 saturated carbocycles. The minimum atomic E-state index is -0.269. The van der Waals surface area contributed by atoms with Crippen LogP contribution >= 0.6 is 0 Å². The Morgan fingerprint density at radius 3 is 2.19 bits per heavy atom. The van der Waals surface area contributed by atoms with Gasteiger partial charge in [-0.05, 0) is 44.2 Å². The summed E-state index contributed by atoms with van der Waals surface area (Å²) >= 11 is 0. The number of nitrogens with one attached hydrogen (secondary N) is 1. The standard InChI is InChI=1S/C20H29NO6/c1-24-16-12-14(13-17(25-2)19(16)26-3)20(23)21-11-7-10-18(22)27-15-8-5-4-6-9-15/h12-13,15H,4-11H2,1-3H3,(H,21,23). The van der Waals surface area contributed by atoms with Crippen LogP contribution in [-0.4, -0.2) is 45.9 Å². The summed E-state index contributed by atoms with van der Waals surface area (Å²) in [7, 11) is 4.50. The molecule has 1 aliphatic rings. The van der Waals surface area contributed by atoms with Gasteiger partial charge in [-0.3, -0.25) is 9.59 Å². The molecule has 1 fully saturated rings. The largest absolute Gasteiger partial charge is 0.493 e. The van der Waals surface area contributed by atoms with Crippen molar-refractivity contribution in [1.82, 2.24) is 5.32 Å². The number of carbonyl (C=O) groups excluding carboxylic acids is 2. The molecule has 1 amide bonds. The lowest BCUT2D eigenvalue weighted by molar-refractivity contribution is -0.150. The van der Waals surface area contributed by atoms with Crippen LogP contribution in [0.2, 0.25) is 0 Å². The molecule has 1 aromatic carbocycles. The molecule has 1 aromatic rings. The van der Waals surface area contributed by atoms with Crippen molar-refractivity contribution < 1.29 is 28.5 Å². The maximum absolute atomic E-state index is 12.4. The van der Waals surface area contributed by atoms with Crippen LogP contribution < -0.4 is 19.5 Å². The number of ether oxygens (including phenoxy) is 4.